The summed E-state index contributed by atoms with van der Waals surface area (Å²) >= 11 is 0. The van der Waals surface area contributed by atoms with Crippen LogP contribution in [0.3, 0.4) is 0 Å². The van der Waals surface area contributed by atoms with Gasteiger partial charge in [0.05, 0.1) is 12.2 Å². The van der Waals surface area contributed by atoms with Crippen molar-refractivity contribution in [1.82, 2.24) is 14.3 Å². The summed E-state index contributed by atoms with van der Waals surface area (Å²) in [7, 11) is -1.94. The molecular weight excluding hydrogens is 449 g/mol. The number of carbonyl (C=O) groups excluding carboxylic acids is 1. The van der Waals surface area contributed by atoms with Gasteiger partial charge in [0.1, 0.15) is 11.4 Å². The van der Waals surface area contributed by atoms with Gasteiger partial charge in [-0.15, -0.1) is 0 Å². The molecule has 0 aliphatic carbocycles. The van der Waals surface area contributed by atoms with E-state index in [0.29, 0.717) is 17.6 Å². The molecule has 3 N–H and O–H groups in total. The fourth-order valence-corrected chi connectivity index (χ4v) is 3.94. The molecule has 13 heteroatoms. The van der Waals surface area contributed by atoms with Crippen molar-refractivity contribution in [2.75, 3.05) is 41.8 Å². The second kappa shape index (κ2) is 9.28. The minimum Gasteiger partial charge on any atom is -0.369 e. The predicted molar refractivity (Wildman–Crippen MR) is 114 cm³/mol. The zero-order chi connectivity index (χ0) is 23.5. The number of sulfonamides is 1. The summed E-state index contributed by atoms with van der Waals surface area (Å²) in [4.78, 5) is 19.2. The van der Waals surface area contributed by atoms with Crippen molar-refractivity contribution in [2.45, 2.75) is 25.9 Å². The van der Waals surface area contributed by atoms with Gasteiger partial charge in [-0.2, -0.15) is 18.2 Å². The summed E-state index contributed by atoms with van der Waals surface area (Å²) in [6, 6.07) is 5.04. The number of alkyl halides is 3. The van der Waals surface area contributed by atoms with Gasteiger partial charge >= 0.3 is 6.18 Å². The van der Waals surface area contributed by atoms with Crippen LogP contribution in [0.4, 0.5) is 36.3 Å². The van der Waals surface area contributed by atoms with Crippen LogP contribution in [0, 0.1) is 0 Å². The summed E-state index contributed by atoms with van der Waals surface area (Å²) in [5, 5.41) is 8.18. The van der Waals surface area contributed by atoms with Crippen LogP contribution < -0.4 is 16.0 Å². The SMILES string of the molecule is CCS(=O)(=O)N(C)CCCNc1nc(Nc2ccc3c(c2)CC(=O)N3)ncc1C(F)(F)F. The van der Waals surface area contributed by atoms with E-state index in [2.05, 4.69) is 25.9 Å². The Morgan fingerprint density at radius 1 is 1.28 bits per heavy atom. The van der Waals surface area contributed by atoms with Crippen molar-refractivity contribution in [1.29, 1.82) is 0 Å². The number of aromatic nitrogens is 2. The van der Waals surface area contributed by atoms with E-state index in [4.69, 9.17) is 0 Å². The molecule has 0 radical (unpaired) electrons. The zero-order valence-electron chi connectivity index (χ0n) is 17.5. The molecule has 0 saturated heterocycles. The summed E-state index contributed by atoms with van der Waals surface area (Å²) < 4.78 is 64.8. The average Bonchev–Trinajstić information content (AvgIpc) is 3.09. The molecule has 174 valence electrons. The van der Waals surface area contributed by atoms with E-state index in [1.54, 1.807) is 18.2 Å². The molecule has 1 amide bonds. The molecule has 0 saturated carbocycles. The number of amides is 1. The number of hydrogen-bond donors (Lipinski definition) is 3. The topological polar surface area (TPSA) is 116 Å². The summed E-state index contributed by atoms with van der Waals surface area (Å²) in [5.41, 5.74) is 0.946. The lowest BCUT2D eigenvalue weighted by molar-refractivity contribution is -0.137. The highest BCUT2D eigenvalue weighted by molar-refractivity contribution is 7.89. The lowest BCUT2D eigenvalue weighted by atomic mass is 10.1. The molecule has 0 fully saturated rings. The Labute approximate surface area is 183 Å². The van der Waals surface area contributed by atoms with Crippen molar-refractivity contribution >= 4 is 39.1 Å². The van der Waals surface area contributed by atoms with E-state index in [-0.39, 0.29) is 43.5 Å². The summed E-state index contributed by atoms with van der Waals surface area (Å²) in [6.07, 6.45) is -3.48. The third kappa shape index (κ3) is 5.65. The second-order valence-corrected chi connectivity index (χ2v) is 9.54. The highest BCUT2D eigenvalue weighted by Crippen LogP contribution is 2.34. The molecule has 0 atom stereocenters. The quantitative estimate of drug-likeness (QED) is 0.481. The Balaban J connectivity index is 1.71. The lowest BCUT2D eigenvalue weighted by Crippen LogP contribution is -2.30. The highest BCUT2D eigenvalue weighted by Gasteiger charge is 2.35. The molecule has 0 spiro atoms. The van der Waals surface area contributed by atoms with Crippen LogP contribution in [0.5, 0.6) is 0 Å². The number of carbonyl (C=O) groups is 1. The summed E-state index contributed by atoms with van der Waals surface area (Å²) in [6.45, 7) is 1.75. The molecule has 2 aromatic rings. The molecular formula is C19H23F3N6O3S. The zero-order valence-corrected chi connectivity index (χ0v) is 18.3. The number of anilines is 4. The fourth-order valence-electron chi connectivity index (χ4n) is 3.09. The van der Waals surface area contributed by atoms with Crippen LogP contribution in [0.1, 0.15) is 24.5 Å². The number of fused-ring (bicyclic) bond motifs is 1. The minimum absolute atomic E-state index is 0.0524. The van der Waals surface area contributed by atoms with Crippen LogP contribution in [0.25, 0.3) is 0 Å². The van der Waals surface area contributed by atoms with E-state index in [0.717, 1.165) is 5.56 Å². The van der Waals surface area contributed by atoms with E-state index in [1.807, 2.05) is 0 Å². The van der Waals surface area contributed by atoms with Crippen molar-refractivity contribution in [2.24, 2.45) is 0 Å². The molecule has 0 bridgehead atoms. The fraction of sp³-hybridized carbons (Fsp3) is 0.421. The van der Waals surface area contributed by atoms with Gasteiger partial charge in [-0.25, -0.2) is 17.7 Å². The Kier molecular flexibility index (Phi) is 6.88. The molecule has 2 heterocycles. The largest absolute Gasteiger partial charge is 0.421 e. The maximum atomic E-state index is 13.4. The molecule has 0 unspecified atom stereocenters. The van der Waals surface area contributed by atoms with Gasteiger partial charge < -0.3 is 16.0 Å². The molecule has 1 aromatic heterocycles. The van der Waals surface area contributed by atoms with Gasteiger partial charge in [-0.05, 0) is 37.1 Å². The van der Waals surface area contributed by atoms with Gasteiger partial charge in [-0.1, -0.05) is 0 Å². The third-order valence-electron chi connectivity index (χ3n) is 4.86. The monoisotopic (exact) mass is 472 g/mol. The van der Waals surface area contributed by atoms with E-state index < -0.39 is 27.6 Å². The first-order valence-corrected chi connectivity index (χ1v) is 11.4. The van der Waals surface area contributed by atoms with Crippen molar-refractivity contribution in [3.63, 3.8) is 0 Å². The first-order chi connectivity index (χ1) is 15.0. The number of benzene rings is 1. The van der Waals surface area contributed by atoms with Crippen LogP contribution in [-0.4, -0.2) is 54.5 Å². The van der Waals surface area contributed by atoms with E-state index in [1.165, 1.54) is 18.3 Å². The molecule has 9 nitrogen and oxygen atoms in total. The molecule has 32 heavy (non-hydrogen) atoms. The van der Waals surface area contributed by atoms with Crippen LogP contribution in [0.15, 0.2) is 24.4 Å². The van der Waals surface area contributed by atoms with Gasteiger partial charge in [-0.3, -0.25) is 4.79 Å². The van der Waals surface area contributed by atoms with Gasteiger partial charge in [0.15, 0.2) is 0 Å². The summed E-state index contributed by atoms with van der Waals surface area (Å²) in [5.74, 6) is -0.646. The first kappa shape index (κ1) is 23.7. The first-order valence-electron chi connectivity index (χ1n) is 9.81. The van der Waals surface area contributed by atoms with Gasteiger partial charge in [0.2, 0.25) is 21.9 Å². The highest BCUT2D eigenvalue weighted by atomic mass is 32.2. The predicted octanol–water partition coefficient (Wildman–Crippen LogP) is 2.82. The number of nitrogens with one attached hydrogen (secondary N) is 3. The maximum Gasteiger partial charge on any atom is 0.421 e. The second-order valence-electron chi connectivity index (χ2n) is 7.18. The standard InChI is InChI=1S/C19H23F3N6O3S/c1-3-32(30,31)28(2)8-4-7-23-17-14(19(20,21)22)11-24-18(27-17)25-13-5-6-15-12(9-13)10-16(29)26-15/h5-6,9,11H,3-4,7-8,10H2,1-2H3,(H,26,29)(H2,23,24,25,27). The van der Waals surface area contributed by atoms with Gasteiger partial charge in [0.25, 0.3) is 0 Å². The molecule has 3 rings (SSSR count). The number of halogens is 3. The van der Waals surface area contributed by atoms with E-state index in [9.17, 15) is 26.4 Å². The molecule has 1 aliphatic heterocycles. The Bertz CT molecular complexity index is 1110. The Hall–Kier alpha value is -2.93. The average molecular weight is 472 g/mol. The third-order valence-corrected chi connectivity index (χ3v) is 6.72. The molecule has 1 aromatic carbocycles. The van der Waals surface area contributed by atoms with Crippen LogP contribution in [0.2, 0.25) is 0 Å². The maximum absolute atomic E-state index is 13.4. The van der Waals surface area contributed by atoms with Crippen LogP contribution >= 0.6 is 0 Å². The minimum atomic E-state index is -4.66. The lowest BCUT2D eigenvalue weighted by Gasteiger charge is -2.17. The van der Waals surface area contributed by atoms with Crippen molar-refractivity contribution in [3.8, 4) is 0 Å². The number of hydrogen-bond acceptors (Lipinski definition) is 7. The molecule has 1 aliphatic rings. The smallest absolute Gasteiger partial charge is 0.369 e. The van der Waals surface area contributed by atoms with Crippen molar-refractivity contribution < 1.29 is 26.4 Å². The van der Waals surface area contributed by atoms with Crippen LogP contribution in [-0.2, 0) is 27.4 Å². The number of nitrogens with zero attached hydrogens (tertiary/aromatic N) is 3. The van der Waals surface area contributed by atoms with E-state index >= 15 is 0 Å². The Morgan fingerprint density at radius 2 is 2.03 bits per heavy atom. The Morgan fingerprint density at radius 3 is 2.72 bits per heavy atom. The normalized spacial score (nSPS) is 13.8. The number of rotatable bonds is 9. The van der Waals surface area contributed by atoms with Crippen molar-refractivity contribution in [3.05, 3.63) is 35.5 Å². The van der Waals surface area contributed by atoms with Gasteiger partial charge in [0, 0.05) is 37.7 Å².